The van der Waals surface area contributed by atoms with Gasteiger partial charge in [-0.15, -0.1) is 23.2 Å². The van der Waals surface area contributed by atoms with E-state index in [4.69, 9.17) is 55.9 Å². The van der Waals surface area contributed by atoms with Crippen molar-refractivity contribution in [3.63, 3.8) is 0 Å². The Balaban J connectivity index is 2.41. The third-order valence-electron chi connectivity index (χ3n) is 2.68. The fraction of sp³-hybridized carbons (Fsp3) is 0.909. The predicted octanol–water partition coefficient (Wildman–Crippen LogP) is 3.85. The molecule has 0 bridgehead atoms. The molecule has 106 valence electrons. The molecule has 0 aliphatic carbocycles. The largest absolute Gasteiger partial charge is 0.463 e. The molecule has 4 atom stereocenters. The lowest BCUT2D eigenvalue weighted by molar-refractivity contribution is -0.158. The van der Waals surface area contributed by atoms with Crippen molar-refractivity contribution in [3.8, 4) is 0 Å². The van der Waals surface area contributed by atoms with Crippen molar-refractivity contribution in [3.05, 3.63) is 0 Å². The van der Waals surface area contributed by atoms with Crippen molar-refractivity contribution in [1.29, 1.82) is 0 Å². The quantitative estimate of drug-likeness (QED) is 0.419. The minimum Gasteiger partial charge on any atom is -0.463 e. The van der Waals surface area contributed by atoms with Crippen LogP contribution in [0.1, 0.15) is 32.6 Å². The molecule has 1 aliphatic heterocycles. The molecule has 1 rings (SSSR count). The highest BCUT2D eigenvalue weighted by atomic mass is 35.5. The van der Waals surface area contributed by atoms with Crippen LogP contribution in [0.25, 0.3) is 0 Å². The molecule has 1 saturated heterocycles. The Kier molecular flexibility index (Phi) is 6.84. The van der Waals surface area contributed by atoms with Crippen LogP contribution in [0.4, 0.5) is 0 Å². The van der Waals surface area contributed by atoms with Crippen LogP contribution >= 0.6 is 46.4 Å². The van der Waals surface area contributed by atoms with Gasteiger partial charge >= 0.3 is 5.97 Å². The standard InChI is InChI=1S/C11H16Cl4O3/c1-2-3-4-5-6-17-10(16)11(15)8(13)7(12)9(14)18-11/h7-9H,2-6H2,1H3. The fourth-order valence-electron chi connectivity index (χ4n) is 1.58. The van der Waals surface area contributed by atoms with Crippen LogP contribution < -0.4 is 0 Å². The molecule has 0 N–H and O–H groups in total. The van der Waals surface area contributed by atoms with Crippen molar-refractivity contribution in [2.45, 2.75) is 54.0 Å². The van der Waals surface area contributed by atoms with Gasteiger partial charge in [-0.2, -0.15) is 0 Å². The molecule has 1 fully saturated rings. The van der Waals surface area contributed by atoms with E-state index in [1.807, 2.05) is 0 Å². The minimum atomic E-state index is -1.79. The first-order valence-corrected chi connectivity index (χ1v) is 7.58. The number of carbonyl (C=O) groups excluding carboxylic acids is 1. The van der Waals surface area contributed by atoms with E-state index in [1.165, 1.54) is 0 Å². The van der Waals surface area contributed by atoms with Gasteiger partial charge in [0.15, 0.2) is 5.56 Å². The number of unbranched alkanes of at least 4 members (excludes halogenated alkanes) is 3. The number of hydrogen-bond acceptors (Lipinski definition) is 3. The van der Waals surface area contributed by atoms with Gasteiger partial charge < -0.3 is 9.47 Å². The molecule has 0 aromatic heterocycles. The maximum Gasteiger partial charge on any atom is 0.356 e. The number of alkyl halides is 4. The molecule has 0 spiro atoms. The highest BCUT2D eigenvalue weighted by Crippen LogP contribution is 2.43. The van der Waals surface area contributed by atoms with Crippen molar-refractivity contribution in [1.82, 2.24) is 0 Å². The molecule has 0 saturated carbocycles. The Morgan fingerprint density at radius 1 is 1.28 bits per heavy atom. The monoisotopic (exact) mass is 336 g/mol. The molecule has 4 unspecified atom stereocenters. The highest BCUT2D eigenvalue weighted by Gasteiger charge is 2.58. The first-order chi connectivity index (χ1) is 8.43. The third-order valence-corrected chi connectivity index (χ3v) is 4.95. The molecule has 0 aromatic carbocycles. The third kappa shape index (κ3) is 3.80. The summed E-state index contributed by atoms with van der Waals surface area (Å²) in [4.78, 5) is 11.8. The van der Waals surface area contributed by atoms with Gasteiger partial charge in [-0.25, -0.2) is 4.79 Å². The lowest BCUT2D eigenvalue weighted by atomic mass is 10.2. The molecule has 7 heteroatoms. The summed E-state index contributed by atoms with van der Waals surface area (Å²) in [5, 5.41) is -3.45. The maximum atomic E-state index is 11.8. The van der Waals surface area contributed by atoms with Gasteiger partial charge in [0.25, 0.3) is 5.06 Å². The number of carbonyl (C=O) groups is 1. The van der Waals surface area contributed by atoms with Gasteiger partial charge in [-0.1, -0.05) is 49.4 Å². The Labute approximate surface area is 127 Å². The van der Waals surface area contributed by atoms with Crippen molar-refractivity contribution in [2.24, 2.45) is 0 Å². The van der Waals surface area contributed by atoms with Crippen LogP contribution in [-0.2, 0) is 14.3 Å². The van der Waals surface area contributed by atoms with Gasteiger partial charge in [0, 0.05) is 0 Å². The smallest absolute Gasteiger partial charge is 0.356 e. The van der Waals surface area contributed by atoms with Crippen LogP contribution in [0.5, 0.6) is 0 Å². The summed E-state index contributed by atoms with van der Waals surface area (Å²) in [5.41, 5.74) is -0.903. The Morgan fingerprint density at radius 3 is 2.44 bits per heavy atom. The number of rotatable bonds is 6. The van der Waals surface area contributed by atoms with E-state index in [9.17, 15) is 4.79 Å². The summed E-state index contributed by atoms with van der Waals surface area (Å²) in [6.07, 6.45) is 4.00. The van der Waals surface area contributed by atoms with E-state index >= 15 is 0 Å². The van der Waals surface area contributed by atoms with Gasteiger partial charge in [-0.05, 0) is 6.42 Å². The molecule has 0 aromatic rings. The zero-order valence-corrected chi connectivity index (χ0v) is 13.0. The summed E-state index contributed by atoms with van der Waals surface area (Å²) < 4.78 is 10.2. The zero-order valence-electron chi connectivity index (χ0n) is 10.0. The molecule has 0 amide bonds. The van der Waals surface area contributed by atoms with E-state index in [0.29, 0.717) is 6.61 Å². The Bertz CT molecular complexity index is 289. The topological polar surface area (TPSA) is 35.5 Å². The number of ether oxygens (including phenoxy) is 2. The molecule has 18 heavy (non-hydrogen) atoms. The number of halogens is 4. The molecule has 1 heterocycles. The average Bonchev–Trinajstić information content (AvgIpc) is 2.54. The average molecular weight is 338 g/mol. The molecular weight excluding hydrogens is 322 g/mol. The highest BCUT2D eigenvalue weighted by molar-refractivity contribution is 6.44. The minimum absolute atomic E-state index is 0.292. The van der Waals surface area contributed by atoms with E-state index in [1.54, 1.807) is 0 Å². The van der Waals surface area contributed by atoms with Crippen molar-refractivity contribution < 1.29 is 14.3 Å². The molecule has 1 aliphatic rings. The van der Waals surface area contributed by atoms with Crippen LogP contribution in [-0.4, -0.2) is 34.0 Å². The van der Waals surface area contributed by atoms with E-state index in [0.717, 1.165) is 25.7 Å². The second-order valence-electron chi connectivity index (χ2n) is 4.16. The Morgan fingerprint density at radius 2 is 1.94 bits per heavy atom. The van der Waals surface area contributed by atoms with E-state index < -0.39 is 27.3 Å². The number of esters is 1. The van der Waals surface area contributed by atoms with E-state index in [-0.39, 0.29) is 0 Å². The van der Waals surface area contributed by atoms with Gasteiger partial charge in [-0.3, -0.25) is 0 Å². The molecule has 0 radical (unpaired) electrons. The van der Waals surface area contributed by atoms with Gasteiger partial charge in [0.2, 0.25) is 0 Å². The summed E-state index contributed by atoms with van der Waals surface area (Å²) in [6, 6.07) is 0. The first-order valence-electron chi connectivity index (χ1n) is 5.89. The summed E-state index contributed by atoms with van der Waals surface area (Å²) >= 11 is 23.6. The molecule has 3 nitrogen and oxygen atoms in total. The second-order valence-corrected chi connectivity index (χ2v) is 6.12. The summed E-state index contributed by atoms with van der Waals surface area (Å²) in [5.74, 6) is -0.727. The fourth-order valence-corrected chi connectivity index (χ4v) is 2.84. The second kappa shape index (κ2) is 7.39. The van der Waals surface area contributed by atoms with Crippen LogP contribution in [0, 0.1) is 0 Å². The van der Waals surface area contributed by atoms with Crippen LogP contribution in [0.3, 0.4) is 0 Å². The first kappa shape index (κ1) is 16.6. The summed E-state index contributed by atoms with van der Waals surface area (Å²) in [7, 11) is 0. The zero-order chi connectivity index (χ0) is 13.8. The van der Waals surface area contributed by atoms with Crippen molar-refractivity contribution in [2.75, 3.05) is 6.61 Å². The van der Waals surface area contributed by atoms with Gasteiger partial charge in [0.1, 0.15) is 5.38 Å². The SMILES string of the molecule is CCCCCCOC(=O)C1(Cl)OC(Cl)C(Cl)C1Cl. The number of hydrogen-bond donors (Lipinski definition) is 0. The molecular formula is C11H16Cl4O3. The normalized spacial score (nSPS) is 35.7. The van der Waals surface area contributed by atoms with Gasteiger partial charge in [0.05, 0.1) is 12.0 Å². The van der Waals surface area contributed by atoms with E-state index in [2.05, 4.69) is 6.92 Å². The maximum absolute atomic E-state index is 11.8. The Hall–Kier alpha value is 0.590. The predicted molar refractivity (Wildman–Crippen MR) is 73.7 cm³/mol. The van der Waals surface area contributed by atoms with Crippen LogP contribution in [0.2, 0.25) is 0 Å². The lowest BCUT2D eigenvalue weighted by Gasteiger charge is -2.21. The van der Waals surface area contributed by atoms with Crippen molar-refractivity contribution >= 4 is 52.4 Å². The van der Waals surface area contributed by atoms with Crippen LogP contribution in [0.15, 0.2) is 0 Å². The lowest BCUT2D eigenvalue weighted by Crippen LogP contribution is -2.42. The summed E-state index contributed by atoms with van der Waals surface area (Å²) in [6.45, 7) is 2.39.